The Morgan fingerprint density at radius 2 is 1.55 bits per heavy atom. The Morgan fingerprint density at radius 3 is 2.10 bits per heavy atom. The second kappa shape index (κ2) is 6.45. The molecular weight excluding hydrogens is 264 g/mol. The fourth-order valence-corrected chi connectivity index (χ4v) is 3.09. The molecule has 2 aromatic carbocycles. The fraction of sp³-hybridized carbons (Fsp3) is 0.368. The first-order valence-corrected chi connectivity index (χ1v) is 7.82. The molecule has 20 heavy (non-hydrogen) atoms. The molecule has 1 atom stereocenters. The largest absolute Gasteiger partial charge is 0.113 e. The summed E-state index contributed by atoms with van der Waals surface area (Å²) in [6, 6.07) is 13.3. The molecule has 0 aliphatic carbocycles. The van der Waals surface area contributed by atoms with Crippen LogP contribution in [0.3, 0.4) is 0 Å². The molecule has 0 bridgehead atoms. The molecule has 0 fully saturated rings. The van der Waals surface area contributed by atoms with Gasteiger partial charge in [0.2, 0.25) is 0 Å². The molecule has 2 aromatic rings. The average Bonchev–Trinajstić information content (AvgIpc) is 2.44. The van der Waals surface area contributed by atoms with Crippen molar-refractivity contribution in [1.82, 2.24) is 0 Å². The zero-order valence-electron chi connectivity index (χ0n) is 12.8. The lowest BCUT2D eigenvalue weighted by Gasteiger charge is -2.17. The quantitative estimate of drug-likeness (QED) is 0.627. The van der Waals surface area contributed by atoms with Crippen molar-refractivity contribution in [2.45, 2.75) is 45.9 Å². The van der Waals surface area contributed by atoms with Crippen molar-refractivity contribution >= 4 is 11.6 Å². The van der Waals surface area contributed by atoms with E-state index >= 15 is 0 Å². The smallest absolute Gasteiger partial charge is 0.0838 e. The molecule has 0 nitrogen and oxygen atoms in total. The molecule has 0 radical (unpaired) electrons. The maximum Gasteiger partial charge on any atom is 0.0838 e. The highest BCUT2D eigenvalue weighted by molar-refractivity contribution is 6.22. The lowest BCUT2D eigenvalue weighted by atomic mass is 9.93. The molecule has 1 unspecified atom stereocenters. The molecule has 0 aliphatic rings. The molecular formula is C19H23Cl. The van der Waals surface area contributed by atoms with Crippen LogP contribution in [0.5, 0.6) is 0 Å². The Bertz CT molecular complexity index is 578. The number of benzene rings is 2. The molecule has 0 aliphatic heterocycles. The minimum absolute atomic E-state index is 0.0601. The van der Waals surface area contributed by atoms with Crippen LogP contribution in [0.15, 0.2) is 36.4 Å². The number of alkyl halides is 1. The summed E-state index contributed by atoms with van der Waals surface area (Å²) < 4.78 is 0. The van der Waals surface area contributed by atoms with E-state index in [2.05, 4.69) is 64.1 Å². The second-order valence-corrected chi connectivity index (χ2v) is 5.96. The van der Waals surface area contributed by atoms with E-state index in [-0.39, 0.29) is 5.38 Å². The zero-order chi connectivity index (χ0) is 14.7. The number of hydrogen-bond donors (Lipinski definition) is 0. The molecule has 1 heteroatoms. The van der Waals surface area contributed by atoms with Gasteiger partial charge in [-0.1, -0.05) is 61.4 Å². The van der Waals surface area contributed by atoms with Crippen LogP contribution >= 0.6 is 11.6 Å². The summed E-state index contributed by atoms with van der Waals surface area (Å²) in [7, 11) is 0. The predicted octanol–water partition coefficient (Wildman–Crippen LogP) is 5.76. The van der Waals surface area contributed by atoms with Gasteiger partial charge in [-0.15, -0.1) is 11.6 Å². The fourth-order valence-electron chi connectivity index (χ4n) is 2.76. The van der Waals surface area contributed by atoms with Crippen molar-refractivity contribution in [3.05, 3.63) is 69.8 Å². The third-order valence-electron chi connectivity index (χ3n) is 3.81. The van der Waals surface area contributed by atoms with Crippen molar-refractivity contribution in [3.8, 4) is 0 Å². The molecule has 0 amide bonds. The lowest BCUT2D eigenvalue weighted by molar-refractivity contribution is 1.01. The van der Waals surface area contributed by atoms with Crippen LogP contribution in [0.1, 0.15) is 52.6 Å². The molecule has 106 valence electrons. The van der Waals surface area contributed by atoms with E-state index in [1.54, 1.807) is 0 Å². The topological polar surface area (TPSA) is 0 Å². The van der Waals surface area contributed by atoms with Gasteiger partial charge in [-0.25, -0.2) is 0 Å². The summed E-state index contributed by atoms with van der Waals surface area (Å²) in [4.78, 5) is 0. The predicted molar refractivity (Wildman–Crippen MR) is 88.8 cm³/mol. The van der Waals surface area contributed by atoms with E-state index in [0.29, 0.717) is 0 Å². The average molecular weight is 287 g/mol. The van der Waals surface area contributed by atoms with Gasteiger partial charge in [0.15, 0.2) is 0 Å². The van der Waals surface area contributed by atoms with E-state index in [1.165, 1.54) is 33.4 Å². The van der Waals surface area contributed by atoms with Gasteiger partial charge in [0.05, 0.1) is 5.38 Å². The molecule has 0 heterocycles. The third kappa shape index (κ3) is 3.24. The summed E-state index contributed by atoms with van der Waals surface area (Å²) in [5.41, 5.74) is 7.71. The Morgan fingerprint density at radius 1 is 0.900 bits per heavy atom. The summed E-state index contributed by atoms with van der Waals surface area (Å²) >= 11 is 6.79. The van der Waals surface area contributed by atoms with Gasteiger partial charge in [-0.3, -0.25) is 0 Å². The van der Waals surface area contributed by atoms with Gasteiger partial charge in [-0.2, -0.15) is 0 Å². The first kappa shape index (κ1) is 15.1. The molecule has 0 N–H and O–H groups in total. The van der Waals surface area contributed by atoms with Gasteiger partial charge in [-0.05, 0) is 48.9 Å². The SMILES string of the molecule is CCc1ccc(CC)c(C(Cl)c2cc(C)cc(C)c2)c1. The van der Waals surface area contributed by atoms with Crippen molar-refractivity contribution in [1.29, 1.82) is 0 Å². The summed E-state index contributed by atoms with van der Waals surface area (Å²) in [6.07, 6.45) is 2.07. The molecule has 0 saturated carbocycles. The van der Waals surface area contributed by atoms with Gasteiger partial charge in [0.1, 0.15) is 0 Å². The number of hydrogen-bond acceptors (Lipinski definition) is 0. The normalized spacial score (nSPS) is 12.4. The van der Waals surface area contributed by atoms with E-state index < -0.39 is 0 Å². The van der Waals surface area contributed by atoms with Crippen LogP contribution in [0.2, 0.25) is 0 Å². The third-order valence-corrected chi connectivity index (χ3v) is 4.30. The number of rotatable bonds is 4. The first-order chi connectivity index (χ1) is 9.55. The summed E-state index contributed by atoms with van der Waals surface area (Å²) in [5, 5.41) is -0.0601. The standard InChI is InChI=1S/C19H23Cl/c1-5-15-7-8-16(6-2)18(12-15)19(20)17-10-13(3)9-14(4)11-17/h7-12,19H,5-6H2,1-4H3. The van der Waals surface area contributed by atoms with E-state index in [0.717, 1.165) is 12.8 Å². The van der Waals surface area contributed by atoms with Crippen LogP contribution in [-0.2, 0) is 12.8 Å². The van der Waals surface area contributed by atoms with Crippen molar-refractivity contribution in [3.63, 3.8) is 0 Å². The van der Waals surface area contributed by atoms with Gasteiger partial charge < -0.3 is 0 Å². The van der Waals surface area contributed by atoms with Crippen LogP contribution in [0.25, 0.3) is 0 Å². The van der Waals surface area contributed by atoms with Gasteiger partial charge >= 0.3 is 0 Å². The highest BCUT2D eigenvalue weighted by Gasteiger charge is 2.15. The maximum absolute atomic E-state index is 6.79. The highest BCUT2D eigenvalue weighted by atomic mass is 35.5. The maximum atomic E-state index is 6.79. The Labute approximate surface area is 127 Å². The Kier molecular flexibility index (Phi) is 4.88. The van der Waals surface area contributed by atoms with E-state index in [9.17, 15) is 0 Å². The first-order valence-electron chi connectivity index (χ1n) is 7.39. The van der Waals surface area contributed by atoms with Crippen LogP contribution in [0.4, 0.5) is 0 Å². The Balaban J connectivity index is 2.48. The number of halogens is 1. The van der Waals surface area contributed by atoms with Gasteiger partial charge in [0, 0.05) is 0 Å². The van der Waals surface area contributed by atoms with E-state index in [1.807, 2.05) is 0 Å². The van der Waals surface area contributed by atoms with Crippen molar-refractivity contribution in [2.75, 3.05) is 0 Å². The molecule has 2 rings (SSSR count). The monoisotopic (exact) mass is 286 g/mol. The molecule has 0 saturated heterocycles. The summed E-state index contributed by atoms with van der Waals surface area (Å²) in [5.74, 6) is 0. The van der Waals surface area contributed by atoms with Crippen molar-refractivity contribution in [2.24, 2.45) is 0 Å². The van der Waals surface area contributed by atoms with Crippen LogP contribution in [0, 0.1) is 13.8 Å². The molecule has 0 aromatic heterocycles. The van der Waals surface area contributed by atoms with E-state index in [4.69, 9.17) is 11.6 Å². The van der Waals surface area contributed by atoms with Crippen LogP contribution in [-0.4, -0.2) is 0 Å². The highest BCUT2D eigenvalue weighted by Crippen LogP contribution is 2.33. The second-order valence-electron chi connectivity index (χ2n) is 5.52. The Hall–Kier alpha value is -1.27. The molecule has 0 spiro atoms. The minimum Gasteiger partial charge on any atom is -0.113 e. The summed E-state index contributed by atoms with van der Waals surface area (Å²) in [6.45, 7) is 8.63. The lowest BCUT2D eigenvalue weighted by Crippen LogP contribution is -2.01. The van der Waals surface area contributed by atoms with Crippen molar-refractivity contribution < 1.29 is 0 Å². The minimum atomic E-state index is -0.0601. The van der Waals surface area contributed by atoms with Gasteiger partial charge in [0.25, 0.3) is 0 Å². The zero-order valence-corrected chi connectivity index (χ0v) is 13.6. The number of aryl methyl sites for hydroxylation is 4. The van der Waals surface area contributed by atoms with Crippen LogP contribution < -0.4 is 0 Å².